The summed E-state index contributed by atoms with van der Waals surface area (Å²) in [4.78, 5) is 13.2. The van der Waals surface area contributed by atoms with Gasteiger partial charge in [0, 0.05) is 18.8 Å². The Hall–Kier alpha value is -2.61. The third kappa shape index (κ3) is 4.32. The van der Waals surface area contributed by atoms with Gasteiger partial charge in [-0.3, -0.25) is 4.72 Å². The third-order valence-corrected chi connectivity index (χ3v) is 5.43. The maximum absolute atomic E-state index is 13.2. The molecule has 0 atom stereocenters. The summed E-state index contributed by atoms with van der Waals surface area (Å²) in [5.74, 6) is -0.801. The van der Waals surface area contributed by atoms with E-state index in [1.165, 1.54) is 25.3 Å². The molecule has 1 aliphatic rings. The fourth-order valence-corrected chi connectivity index (χ4v) is 4.14. The van der Waals surface area contributed by atoms with Crippen LogP contribution in [0.3, 0.4) is 0 Å². The summed E-state index contributed by atoms with van der Waals surface area (Å²) in [6.07, 6.45) is 0.272. The zero-order chi connectivity index (χ0) is 18.7. The lowest BCUT2D eigenvalue weighted by molar-refractivity contribution is 0.118. The first-order valence-corrected chi connectivity index (χ1v) is 9.71. The Balaban J connectivity index is 1.75. The number of fused-ring (bicyclic) bond motifs is 1. The second-order valence-electron chi connectivity index (χ2n) is 6.12. The predicted molar refractivity (Wildman–Crippen MR) is 95.6 cm³/mol. The van der Waals surface area contributed by atoms with Crippen molar-refractivity contribution >= 4 is 21.8 Å². The minimum atomic E-state index is -3.69. The highest BCUT2D eigenvalue weighted by molar-refractivity contribution is 7.91. The van der Waals surface area contributed by atoms with Crippen LogP contribution in [0.25, 0.3) is 0 Å². The van der Waals surface area contributed by atoms with Gasteiger partial charge in [-0.05, 0) is 47.4 Å². The highest BCUT2D eigenvalue weighted by Gasteiger charge is 2.22. The second-order valence-corrected chi connectivity index (χ2v) is 7.84. The number of methoxy groups -OCH3 is 1. The van der Waals surface area contributed by atoms with Crippen molar-refractivity contribution in [1.82, 2.24) is 4.90 Å². The molecular formula is C18H19FN2O4S. The molecule has 1 amide bonds. The number of carbonyl (C=O) groups excluding carboxylic acids is 1. The molecule has 2 aromatic rings. The number of nitrogens with zero attached hydrogens (tertiary/aromatic N) is 1. The normalized spacial score (nSPS) is 13.8. The number of halogens is 1. The van der Waals surface area contributed by atoms with E-state index in [0.717, 1.165) is 11.1 Å². The molecule has 3 rings (SSSR count). The van der Waals surface area contributed by atoms with Crippen molar-refractivity contribution in [2.24, 2.45) is 0 Å². The summed E-state index contributed by atoms with van der Waals surface area (Å²) in [7, 11) is -2.36. The molecular weight excluding hydrogens is 359 g/mol. The van der Waals surface area contributed by atoms with Gasteiger partial charge in [0.2, 0.25) is 10.0 Å². The molecule has 0 spiro atoms. The second kappa shape index (κ2) is 7.33. The van der Waals surface area contributed by atoms with Crippen molar-refractivity contribution in [1.29, 1.82) is 0 Å². The average molecular weight is 378 g/mol. The number of anilines is 1. The molecule has 0 saturated heterocycles. The molecule has 1 heterocycles. The first kappa shape index (κ1) is 18.2. The molecule has 1 N–H and O–H groups in total. The molecule has 138 valence electrons. The molecule has 0 aliphatic carbocycles. The standard InChI is InChI=1S/C18H19FN2O4S/c1-25-18(22)21-8-7-14-5-6-17(10-15(14)11-21)20-26(23,24)12-13-3-2-4-16(19)9-13/h2-6,9-10,20H,7-8,11-12H2,1H3. The van der Waals surface area contributed by atoms with E-state index in [2.05, 4.69) is 4.72 Å². The van der Waals surface area contributed by atoms with Crippen LogP contribution in [0.4, 0.5) is 14.9 Å². The lowest BCUT2D eigenvalue weighted by atomic mass is 9.99. The Morgan fingerprint density at radius 1 is 1.23 bits per heavy atom. The van der Waals surface area contributed by atoms with E-state index in [9.17, 15) is 17.6 Å². The Morgan fingerprint density at radius 3 is 2.77 bits per heavy atom. The van der Waals surface area contributed by atoms with Crippen LogP contribution in [-0.2, 0) is 33.5 Å². The van der Waals surface area contributed by atoms with Crippen molar-refractivity contribution in [2.75, 3.05) is 18.4 Å². The van der Waals surface area contributed by atoms with Gasteiger partial charge in [-0.15, -0.1) is 0 Å². The molecule has 0 saturated carbocycles. The predicted octanol–water partition coefficient (Wildman–Crippen LogP) is 2.89. The quantitative estimate of drug-likeness (QED) is 0.888. The summed E-state index contributed by atoms with van der Waals surface area (Å²) in [6.45, 7) is 0.922. The van der Waals surface area contributed by atoms with Crippen LogP contribution in [0.2, 0.25) is 0 Å². The fourth-order valence-electron chi connectivity index (χ4n) is 2.97. The zero-order valence-corrected chi connectivity index (χ0v) is 15.1. The van der Waals surface area contributed by atoms with E-state index in [1.54, 1.807) is 23.1 Å². The highest BCUT2D eigenvalue weighted by atomic mass is 32.2. The van der Waals surface area contributed by atoms with Gasteiger partial charge in [-0.25, -0.2) is 17.6 Å². The molecule has 2 aromatic carbocycles. The zero-order valence-electron chi connectivity index (χ0n) is 14.2. The van der Waals surface area contributed by atoms with Gasteiger partial charge in [-0.1, -0.05) is 18.2 Å². The molecule has 0 fully saturated rings. The van der Waals surface area contributed by atoms with E-state index in [0.29, 0.717) is 30.8 Å². The van der Waals surface area contributed by atoms with Crippen LogP contribution in [-0.4, -0.2) is 33.1 Å². The number of hydrogen-bond acceptors (Lipinski definition) is 4. The Kier molecular flexibility index (Phi) is 5.13. The third-order valence-electron chi connectivity index (χ3n) is 4.17. The SMILES string of the molecule is COC(=O)N1CCc2ccc(NS(=O)(=O)Cc3cccc(F)c3)cc2C1. The minimum absolute atomic E-state index is 0.323. The van der Waals surface area contributed by atoms with E-state index < -0.39 is 21.9 Å². The first-order chi connectivity index (χ1) is 12.4. The average Bonchev–Trinajstić information content (AvgIpc) is 2.59. The van der Waals surface area contributed by atoms with Gasteiger partial charge >= 0.3 is 6.09 Å². The van der Waals surface area contributed by atoms with Crippen molar-refractivity contribution in [3.63, 3.8) is 0 Å². The van der Waals surface area contributed by atoms with Crippen LogP contribution in [0.15, 0.2) is 42.5 Å². The van der Waals surface area contributed by atoms with Crippen LogP contribution in [0.1, 0.15) is 16.7 Å². The molecule has 6 nitrogen and oxygen atoms in total. The lowest BCUT2D eigenvalue weighted by Gasteiger charge is -2.28. The molecule has 0 radical (unpaired) electrons. The summed E-state index contributed by atoms with van der Waals surface area (Å²) >= 11 is 0. The topological polar surface area (TPSA) is 75.7 Å². The van der Waals surface area contributed by atoms with Crippen LogP contribution in [0, 0.1) is 5.82 Å². The van der Waals surface area contributed by atoms with E-state index in [1.807, 2.05) is 6.07 Å². The van der Waals surface area contributed by atoms with Crippen LogP contribution < -0.4 is 4.72 Å². The maximum Gasteiger partial charge on any atom is 0.409 e. The first-order valence-electron chi connectivity index (χ1n) is 8.06. The molecule has 0 unspecified atom stereocenters. The highest BCUT2D eigenvalue weighted by Crippen LogP contribution is 2.24. The number of hydrogen-bond donors (Lipinski definition) is 1. The largest absolute Gasteiger partial charge is 0.453 e. The van der Waals surface area contributed by atoms with Gasteiger partial charge < -0.3 is 9.64 Å². The summed E-state index contributed by atoms with van der Waals surface area (Å²) < 4.78 is 45.2. The summed E-state index contributed by atoms with van der Waals surface area (Å²) in [5, 5.41) is 0. The number of benzene rings is 2. The Morgan fingerprint density at radius 2 is 2.04 bits per heavy atom. The number of nitrogens with one attached hydrogen (secondary N) is 1. The van der Waals surface area contributed by atoms with Gasteiger partial charge in [0.1, 0.15) is 5.82 Å². The van der Waals surface area contributed by atoms with Gasteiger partial charge in [0.05, 0.1) is 12.9 Å². The van der Waals surface area contributed by atoms with E-state index >= 15 is 0 Å². The number of amides is 1. The maximum atomic E-state index is 13.2. The minimum Gasteiger partial charge on any atom is -0.453 e. The Bertz CT molecular complexity index is 931. The van der Waals surface area contributed by atoms with Crippen molar-refractivity contribution in [3.8, 4) is 0 Å². The monoisotopic (exact) mass is 378 g/mol. The lowest BCUT2D eigenvalue weighted by Crippen LogP contribution is -2.35. The number of ether oxygens (including phenoxy) is 1. The van der Waals surface area contributed by atoms with Crippen molar-refractivity contribution < 1.29 is 22.3 Å². The fraction of sp³-hybridized carbons (Fsp3) is 0.278. The van der Waals surface area contributed by atoms with Crippen molar-refractivity contribution in [3.05, 3.63) is 65.0 Å². The van der Waals surface area contributed by atoms with Gasteiger partial charge in [0.15, 0.2) is 0 Å². The number of carbonyl (C=O) groups is 1. The molecule has 1 aliphatic heterocycles. The van der Waals surface area contributed by atoms with Crippen LogP contribution in [0.5, 0.6) is 0 Å². The number of sulfonamides is 1. The molecule has 0 bridgehead atoms. The summed E-state index contributed by atoms with van der Waals surface area (Å²) in [5.41, 5.74) is 2.71. The van der Waals surface area contributed by atoms with E-state index in [4.69, 9.17) is 4.74 Å². The van der Waals surface area contributed by atoms with E-state index in [-0.39, 0.29) is 5.75 Å². The van der Waals surface area contributed by atoms with Crippen molar-refractivity contribution in [2.45, 2.75) is 18.7 Å². The Labute approximate surface area is 151 Å². The number of rotatable bonds is 4. The van der Waals surface area contributed by atoms with Gasteiger partial charge in [0.25, 0.3) is 0 Å². The smallest absolute Gasteiger partial charge is 0.409 e. The molecule has 8 heteroatoms. The van der Waals surface area contributed by atoms with Crippen LogP contribution >= 0.6 is 0 Å². The molecule has 0 aromatic heterocycles. The molecule has 26 heavy (non-hydrogen) atoms. The van der Waals surface area contributed by atoms with Gasteiger partial charge in [-0.2, -0.15) is 0 Å². The summed E-state index contributed by atoms with van der Waals surface area (Å²) in [6, 6.07) is 10.7.